The molecule has 0 saturated heterocycles. The van der Waals surface area contributed by atoms with Gasteiger partial charge in [0.1, 0.15) is 11.7 Å². The number of rotatable bonds is 7. The molecule has 0 fully saturated rings. The van der Waals surface area contributed by atoms with Gasteiger partial charge in [0.15, 0.2) is 0 Å². The van der Waals surface area contributed by atoms with Gasteiger partial charge >= 0.3 is 5.97 Å². The fourth-order valence-electron chi connectivity index (χ4n) is 3.44. The molecule has 4 aromatic rings. The lowest BCUT2D eigenvalue weighted by Crippen LogP contribution is -2.25. The molecular weight excluding hydrogens is 406 g/mol. The van der Waals surface area contributed by atoms with Crippen LogP contribution in [0.1, 0.15) is 22.3 Å². The molecule has 8 nitrogen and oxygen atoms in total. The largest absolute Gasteiger partial charge is 0.481 e. The first-order valence-electron chi connectivity index (χ1n) is 9.97. The first kappa shape index (κ1) is 20.8. The third kappa shape index (κ3) is 4.20. The van der Waals surface area contributed by atoms with Crippen LogP contribution in [0.15, 0.2) is 72.8 Å². The van der Waals surface area contributed by atoms with Gasteiger partial charge in [0.2, 0.25) is 0 Å². The highest BCUT2D eigenvalue weighted by Gasteiger charge is 2.16. The minimum absolute atomic E-state index is 0.00772. The van der Waals surface area contributed by atoms with Gasteiger partial charge in [-0.15, -0.1) is 0 Å². The lowest BCUT2D eigenvalue weighted by atomic mass is 10.1. The molecule has 5 N–H and O–H groups in total. The number of carboxylic acid groups (broad SMARTS) is 1. The van der Waals surface area contributed by atoms with Crippen LogP contribution in [0.5, 0.6) is 0 Å². The van der Waals surface area contributed by atoms with E-state index in [9.17, 15) is 9.59 Å². The molecule has 0 spiro atoms. The second-order valence-electron chi connectivity index (χ2n) is 7.20. The maximum atomic E-state index is 12.4. The SMILES string of the molecule is N=C(N)c1ccc(-c2nc3cc(C(=O)NCCC(=O)O)ccc3n2-c2ccccc2)cc1. The molecule has 0 bridgehead atoms. The summed E-state index contributed by atoms with van der Waals surface area (Å²) < 4.78 is 2.00. The molecule has 0 saturated carbocycles. The molecule has 0 radical (unpaired) electrons. The number of hydrogen-bond donors (Lipinski definition) is 4. The van der Waals surface area contributed by atoms with E-state index in [1.165, 1.54) is 0 Å². The lowest BCUT2D eigenvalue weighted by molar-refractivity contribution is -0.136. The maximum Gasteiger partial charge on any atom is 0.305 e. The van der Waals surface area contributed by atoms with Crippen molar-refractivity contribution in [3.63, 3.8) is 0 Å². The molecule has 0 unspecified atom stereocenters. The van der Waals surface area contributed by atoms with Crippen LogP contribution in [0.2, 0.25) is 0 Å². The number of imidazole rings is 1. The summed E-state index contributed by atoms with van der Waals surface area (Å²) in [5, 5.41) is 19.0. The van der Waals surface area contributed by atoms with Gasteiger partial charge in [-0.2, -0.15) is 0 Å². The van der Waals surface area contributed by atoms with Crippen molar-refractivity contribution in [2.45, 2.75) is 6.42 Å². The second-order valence-corrected chi connectivity index (χ2v) is 7.20. The van der Waals surface area contributed by atoms with E-state index in [0.717, 1.165) is 16.8 Å². The van der Waals surface area contributed by atoms with E-state index in [0.29, 0.717) is 22.5 Å². The number of benzene rings is 3. The zero-order valence-corrected chi connectivity index (χ0v) is 17.1. The number of carbonyl (C=O) groups excluding carboxylic acids is 1. The quantitative estimate of drug-likeness (QED) is 0.265. The minimum atomic E-state index is -0.970. The van der Waals surface area contributed by atoms with Crippen LogP contribution in [-0.2, 0) is 4.79 Å². The van der Waals surface area contributed by atoms with E-state index < -0.39 is 5.97 Å². The number of carbonyl (C=O) groups is 2. The number of aromatic nitrogens is 2. The molecule has 0 aliphatic rings. The van der Waals surface area contributed by atoms with Gasteiger partial charge in [0, 0.05) is 28.9 Å². The van der Waals surface area contributed by atoms with Crippen LogP contribution in [0, 0.1) is 5.41 Å². The minimum Gasteiger partial charge on any atom is -0.481 e. The lowest BCUT2D eigenvalue weighted by Gasteiger charge is -2.10. The fourth-order valence-corrected chi connectivity index (χ4v) is 3.44. The third-order valence-corrected chi connectivity index (χ3v) is 5.01. The smallest absolute Gasteiger partial charge is 0.305 e. The Bertz CT molecular complexity index is 1310. The van der Waals surface area contributed by atoms with E-state index in [-0.39, 0.29) is 24.7 Å². The normalized spacial score (nSPS) is 10.8. The molecule has 3 aromatic carbocycles. The summed E-state index contributed by atoms with van der Waals surface area (Å²) in [6, 6.07) is 22.2. The molecule has 0 atom stereocenters. The second kappa shape index (κ2) is 8.73. The van der Waals surface area contributed by atoms with Gasteiger partial charge in [-0.1, -0.05) is 42.5 Å². The van der Waals surface area contributed by atoms with Gasteiger partial charge in [0.05, 0.1) is 17.5 Å². The van der Waals surface area contributed by atoms with E-state index in [1.807, 2.05) is 53.1 Å². The number of amidine groups is 1. The summed E-state index contributed by atoms with van der Waals surface area (Å²) in [5.74, 6) is -0.644. The summed E-state index contributed by atoms with van der Waals surface area (Å²) in [4.78, 5) is 27.9. The van der Waals surface area contributed by atoms with Gasteiger partial charge < -0.3 is 16.2 Å². The fraction of sp³-hybridized carbons (Fsp3) is 0.0833. The van der Waals surface area contributed by atoms with Crippen LogP contribution in [0.25, 0.3) is 28.1 Å². The third-order valence-electron chi connectivity index (χ3n) is 5.01. The monoisotopic (exact) mass is 427 g/mol. The topological polar surface area (TPSA) is 134 Å². The van der Waals surface area contributed by atoms with Crippen LogP contribution in [0.3, 0.4) is 0 Å². The van der Waals surface area contributed by atoms with Crippen molar-refractivity contribution >= 4 is 28.7 Å². The summed E-state index contributed by atoms with van der Waals surface area (Å²) in [7, 11) is 0. The van der Waals surface area contributed by atoms with E-state index in [4.69, 9.17) is 21.2 Å². The van der Waals surface area contributed by atoms with Crippen molar-refractivity contribution in [1.29, 1.82) is 5.41 Å². The number of nitrogens with zero attached hydrogens (tertiary/aromatic N) is 2. The molecule has 4 rings (SSSR count). The maximum absolute atomic E-state index is 12.4. The number of amides is 1. The molecule has 0 aliphatic carbocycles. The van der Waals surface area contributed by atoms with Crippen molar-refractivity contribution in [1.82, 2.24) is 14.9 Å². The number of fused-ring (bicyclic) bond motifs is 1. The van der Waals surface area contributed by atoms with Gasteiger partial charge in [0.25, 0.3) is 5.91 Å². The zero-order chi connectivity index (χ0) is 22.7. The van der Waals surface area contributed by atoms with Crippen LogP contribution < -0.4 is 11.1 Å². The first-order valence-corrected chi connectivity index (χ1v) is 9.97. The van der Waals surface area contributed by atoms with E-state index in [2.05, 4.69) is 5.32 Å². The van der Waals surface area contributed by atoms with E-state index >= 15 is 0 Å². The first-order chi connectivity index (χ1) is 15.4. The van der Waals surface area contributed by atoms with Gasteiger partial charge in [-0.25, -0.2) is 4.98 Å². The molecule has 1 aromatic heterocycles. The van der Waals surface area contributed by atoms with Crippen LogP contribution >= 0.6 is 0 Å². The average molecular weight is 427 g/mol. The number of hydrogen-bond acceptors (Lipinski definition) is 4. The van der Waals surface area contributed by atoms with Crippen molar-refractivity contribution < 1.29 is 14.7 Å². The number of carboxylic acids is 1. The van der Waals surface area contributed by atoms with Crippen LogP contribution in [-0.4, -0.2) is 38.9 Å². The molecule has 1 amide bonds. The predicted molar refractivity (Wildman–Crippen MR) is 122 cm³/mol. The summed E-state index contributed by atoms with van der Waals surface area (Å²) in [6.07, 6.45) is -0.142. The molecule has 0 aliphatic heterocycles. The molecule has 32 heavy (non-hydrogen) atoms. The Balaban J connectivity index is 1.79. The van der Waals surface area contributed by atoms with Crippen molar-refractivity contribution in [2.75, 3.05) is 6.54 Å². The average Bonchev–Trinajstić information content (AvgIpc) is 3.18. The summed E-state index contributed by atoms with van der Waals surface area (Å²) in [6.45, 7) is 0.0540. The number of nitrogens with one attached hydrogen (secondary N) is 2. The molecular formula is C24H21N5O3. The zero-order valence-electron chi connectivity index (χ0n) is 17.1. The van der Waals surface area contributed by atoms with Gasteiger partial charge in [-0.3, -0.25) is 19.6 Å². The number of nitrogen functional groups attached to an aromatic ring is 1. The van der Waals surface area contributed by atoms with Crippen molar-refractivity contribution in [2.24, 2.45) is 5.73 Å². The Morgan fingerprint density at radius 3 is 2.34 bits per heavy atom. The Hall–Kier alpha value is -4.46. The Morgan fingerprint density at radius 1 is 1.00 bits per heavy atom. The van der Waals surface area contributed by atoms with Crippen LogP contribution in [0.4, 0.5) is 0 Å². The molecule has 8 heteroatoms. The van der Waals surface area contributed by atoms with Crippen molar-refractivity contribution in [3.05, 3.63) is 83.9 Å². The number of para-hydroxylation sites is 1. The highest BCUT2D eigenvalue weighted by atomic mass is 16.4. The Labute approximate surface area is 183 Å². The number of nitrogens with two attached hydrogens (primary N) is 1. The summed E-state index contributed by atoms with van der Waals surface area (Å²) in [5.41, 5.74) is 9.80. The Morgan fingerprint density at radius 2 is 1.69 bits per heavy atom. The number of aliphatic carboxylic acids is 1. The van der Waals surface area contributed by atoms with Gasteiger partial charge in [-0.05, 0) is 30.3 Å². The standard InChI is InChI=1S/C24H21N5O3/c25-22(26)15-6-8-16(9-7-15)23-28-19-14-17(24(32)27-13-12-21(30)31)10-11-20(19)29(23)18-4-2-1-3-5-18/h1-11,14H,12-13H2,(H3,25,26)(H,27,32)(H,30,31). The highest BCUT2D eigenvalue weighted by Crippen LogP contribution is 2.29. The highest BCUT2D eigenvalue weighted by molar-refractivity contribution is 5.98. The van der Waals surface area contributed by atoms with Crippen molar-refractivity contribution in [3.8, 4) is 17.1 Å². The predicted octanol–water partition coefficient (Wildman–Crippen LogP) is 3.18. The van der Waals surface area contributed by atoms with E-state index in [1.54, 1.807) is 24.3 Å². The molecule has 1 heterocycles. The molecule has 160 valence electrons. The summed E-state index contributed by atoms with van der Waals surface area (Å²) >= 11 is 0. The Kier molecular flexibility index (Phi) is 5.67.